The molecular formula is C28H27N5O5S. The first-order valence-electron chi connectivity index (χ1n) is 11.7. The Hall–Kier alpha value is -4.77. The number of benzene rings is 3. The molecular weight excluding hydrogens is 518 g/mol. The van der Waals surface area contributed by atoms with E-state index in [1.807, 2.05) is 24.3 Å². The largest absolute Gasteiger partial charge is 0.493 e. The molecule has 3 aromatic carbocycles. The fraction of sp³-hybridized carbons (Fsp3) is 0.143. The predicted molar refractivity (Wildman–Crippen MR) is 154 cm³/mol. The second kappa shape index (κ2) is 12.7. The number of nitrogens with one attached hydrogen (secondary N) is 3. The number of hydrogen-bond donors (Lipinski definition) is 3. The van der Waals surface area contributed by atoms with Crippen LogP contribution in [0, 0.1) is 0 Å². The summed E-state index contributed by atoms with van der Waals surface area (Å²) in [5.41, 5.74) is 2.49. The molecule has 0 atom stereocenters. The molecule has 4 aromatic rings. The quantitative estimate of drug-likeness (QED) is 0.132. The molecule has 0 radical (unpaired) electrons. The van der Waals surface area contributed by atoms with Gasteiger partial charge in [0.15, 0.2) is 16.7 Å². The van der Waals surface area contributed by atoms with Crippen LogP contribution < -0.4 is 30.2 Å². The summed E-state index contributed by atoms with van der Waals surface area (Å²) < 4.78 is 16.3. The number of amides is 2. The minimum Gasteiger partial charge on any atom is -0.493 e. The van der Waals surface area contributed by atoms with Gasteiger partial charge < -0.3 is 30.2 Å². The molecule has 3 N–H and O–H groups in total. The smallest absolute Gasteiger partial charge is 0.247 e. The number of ether oxygens (including phenoxy) is 3. The molecule has 2 amide bonds. The minimum atomic E-state index is -0.335. The Balaban J connectivity index is 1.53. The van der Waals surface area contributed by atoms with Gasteiger partial charge >= 0.3 is 0 Å². The van der Waals surface area contributed by atoms with Gasteiger partial charge in [0, 0.05) is 34.6 Å². The molecule has 11 heteroatoms. The normalized spacial score (nSPS) is 10.4. The van der Waals surface area contributed by atoms with E-state index in [9.17, 15) is 9.59 Å². The Bertz CT molecular complexity index is 1500. The van der Waals surface area contributed by atoms with Crippen LogP contribution in [0.15, 0.2) is 78.5 Å². The summed E-state index contributed by atoms with van der Waals surface area (Å²) in [5.74, 6) is 1.53. The lowest BCUT2D eigenvalue weighted by atomic mass is 10.2. The van der Waals surface area contributed by atoms with E-state index in [1.165, 1.54) is 17.8 Å². The van der Waals surface area contributed by atoms with E-state index in [0.29, 0.717) is 45.3 Å². The topological polar surface area (TPSA) is 124 Å². The molecule has 0 aliphatic rings. The molecule has 200 valence electrons. The molecule has 0 saturated carbocycles. The van der Waals surface area contributed by atoms with Crippen LogP contribution in [0.4, 0.5) is 22.9 Å². The number of fused-ring (bicyclic) bond motifs is 1. The van der Waals surface area contributed by atoms with Crippen LogP contribution in [0.2, 0.25) is 0 Å². The molecule has 39 heavy (non-hydrogen) atoms. The lowest BCUT2D eigenvalue weighted by Gasteiger charge is -2.16. The van der Waals surface area contributed by atoms with Gasteiger partial charge in [-0.15, -0.1) is 0 Å². The van der Waals surface area contributed by atoms with Gasteiger partial charge in [-0.2, -0.15) is 0 Å². The maximum atomic E-state index is 12.7. The summed E-state index contributed by atoms with van der Waals surface area (Å²) in [6.07, 6.45) is 1.18. The van der Waals surface area contributed by atoms with Crippen molar-refractivity contribution >= 4 is 57.4 Å². The Kier molecular flexibility index (Phi) is 8.85. The van der Waals surface area contributed by atoms with Gasteiger partial charge in [0.05, 0.1) is 32.6 Å². The number of nitrogens with zero attached hydrogens (tertiary/aromatic N) is 2. The Morgan fingerprint density at radius 2 is 1.56 bits per heavy atom. The first kappa shape index (κ1) is 27.3. The van der Waals surface area contributed by atoms with Gasteiger partial charge in [0.1, 0.15) is 5.82 Å². The molecule has 10 nitrogen and oxygen atoms in total. The fourth-order valence-corrected chi connectivity index (χ4v) is 4.35. The monoisotopic (exact) mass is 545 g/mol. The van der Waals surface area contributed by atoms with Crippen molar-refractivity contribution in [2.45, 2.75) is 5.16 Å². The minimum absolute atomic E-state index is 0.0746. The van der Waals surface area contributed by atoms with E-state index < -0.39 is 0 Å². The lowest BCUT2D eigenvalue weighted by Crippen LogP contribution is -2.15. The Morgan fingerprint density at radius 1 is 0.872 bits per heavy atom. The SMILES string of the molecule is C=CC(=O)Nc1cccc(NC(=O)CSc2nc(Nc3cc(OC)c(OC)c(OC)c3)c3ccccc3n2)c1. The van der Waals surface area contributed by atoms with E-state index in [-0.39, 0.29) is 17.6 Å². The van der Waals surface area contributed by atoms with Gasteiger partial charge in [0.25, 0.3) is 0 Å². The third kappa shape index (κ3) is 6.76. The maximum Gasteiger partial charge on any atom is 0.247 e. The molecule has 0 unspecified atom stereocenters. The maximum absolute atomic E-state index is 12.7. The molecule has 0 aliphatic heterocycles. The first-order valence-corrected chi connectivity index (χ1v) is 12.7. The predicted octanol–water partition coefficient (Wildman–Crippen LogP) is 5.25. The number of para-hydroxylation sites is 1. The van der Waals surface area contributed by atoms with E-state index in [2.05, 4.69) is 32.5 Å². The molecule has 0 spiro atoms. The highest BCUT2D eigenvalue weighted by molar-refractivity contribution is 7.99. The highest BCUT2D eigenvalue weighted by Gasteiger charge is 2.16. The number of carbonyl (C=O) groups excluding carboxylic acids is 2. The second-order valence-electron chi connectivity index (χ2n) is 8.02. The second-order valence-corrected chi connectivity index (χ2v) is 8.96. The number of aromatic nitrogens is 2. The highest BCUT2D eigenvalue weighted by Crippen LogP contribution is 2.41. The van der Waals surface area contributed by atoms with Crippen molar-refractivity contribution < 1.29 is 23.8 Å². The van der Waals surface area contributed by atoms with Crippen molar-refractivity contribution in [3.05, 3.63) is 73.3 Å². The summed E-state index contributed by atoms with van der Waals surface area (Å²) in [6.45, 7) is 3.43. The van der Waals surface area contributed by atoms with Crippen LogP contribution in [0.25, 0.3) is 10.9 Å². The first-order chi connectivity index (χ1) is 18.9. The summed E-state index contributed by atoms with van der Waals surface area (Å²) in [4.78, 5) is 33.5. The van der Waals surface area contributed by atoms with Gasteiger partial charge in [-0.05, 0) is 36.4 Å². The van der Waals surface area contributed by atoms with Crippen molar-refractivity contribution in [1.82, 2.24) is 9.97 Å². The van der Waals surface area contributed by atoms with Gasteiger partial charge in [-0.1, -0.05) is 36.5 Å². The van der Waals surface area contributed by atoms with E-state index >= 15 is 0 Å². The van der Waals surface area contributed by atoms with Gasteiger partial charge in [0.2, 0.25) is 17.6 Å². The number of hydrogen-bond acceptors (Lipinski definition) is 9. The number of rotatable bonds is 11. The zero-order valence-corrected chi connectivity index (χ0v) is 22.4. The van der Waals surface area contributed by atoms with Gasteiger partial charge in [-0.25, -0.2) is 9.97 Å². The summed E-state index contributed by atoms with van der Waals surface area (Å²) in [5, 5.41) is 10.0. The fourth-order valence-electron chi connectivity index (χ4n) is 3.70. The van der Waals surface area contributed by atoms with Crippen LogP contribution in [-0.2, 0) is 9.59 Å². The third-order valence-electron chi connectivity index (χ3n) is 5.44. The summed E-state index contributed by atoms with van der Waals surface area (Å²) >= 11 is 1.20. The van der Waals surface area contributed by atoms with Crippen molar-refractivity contribution in [2.75, 3.05) is 43.0 Å². The highest BCUT2D eigenvalue weighted by atomic mass is 32.2. The van der Waals surface area contributed by atoms with Crippen molar-refractivity contribution in [3.8, 4) is 17.2 Å². The number of methoxy groups -OCH3 is 3. The van der Waals surface area contributed by atoms with Crippen LogP contribution in [-0.4, -0.2) is 48.9 Å². The molecule has 4 rings (SSSR count). The molecule has 0 aliphatic carbocycles. The van der Waals surface area contributed by atoms with Crippen LogP contribution in [0.5, 0.6) is 17.2 Å². The Labute approximate surface area is 229 Å². The summed E-state index contributed by atoms with van der Waals surface area (Å²) in [6, 6.07) is 18.0. The lowest BCUT2D eigenvalue weighted by molar-refractivity contribution is -0.114. The van der Waals surface area contributed by atoms with Crippen molar-refractivity contribution in [3.63, 3.8) is 0 Å². The Morgan fingerprint density at radius 3 is 2.23 bits per heavy atom. The standard InChI is InChI=1S/C28H27N5O5S/c1-5-24(34)29-17-9-8-10-18(13-17)30-25(35)16-39-28-32-21-12-7-6-11-20(21)27(33-28)31-19-14-22(36-2)26(38-4)23(15-19)37-3/h5-15H,1,16H2,2-4H3,(H,29,34)(H,30,35)(H,31,32,33). The zero-order valence-electron chi connectivity index (χ0n) is 21.6. The average molecular weight is 546 g/mol. The summed E-state index contributed by atoms with van der Waals surface area (Å²) in [7, 11) is 4.64. The van der Waals surface area contributed by atoms with E-state index in [0.717, 1.165) is 10.9 Å². The molecule has 0 bridgehead atoms. The van der Waals surface area contributed by atoms with Gasteiger partial charge in [-0.3, -0.25) is 9.59 Å². The van der Waals surface area contributed by atoms with Crippen LogP contribution in [0.3, 0.4) is 0 Å². The van der Waals surface area contributed by atoms with Crippen molar-refractivity contribution in [2.24, 2.45) is 0 Å². The molecule has 1 aromatic heterocycles. The average Bonchev–Trinajstić information content (AvgIpc) is 2.95. The van der Waals surface area contributed by atoms with Crippen LogP contribution >= 0.6 is 11.8 Å². The molecule has 0 fully saturated rings. The third-order valence-corrected chi connectivity index (χ3v) is 6.29. The molecule has 1 heterocycles. The molecule has 0 saturated heterocycles. The number of anilines is 4. The van der Waals surface area contributed by atoms with E-state index in [1.54, 1.807) is 57.7 Å². The van der Waals surface area contributed by atoms with Crippen molar-refractivity contribution in [1.29, 1.82) is 0 Å². The number of carbonyl (C=O) groups is 2. The van der Waals surface area contributed by atoms with Crippen LogP contribution in [0.1, 0.15) is 0 Å². The zero-order chi connectivity index (χ0) is 27.8. The number of thioether (sulfide) groups is 1. The van der Waals surface area contributed by atoms with E-state index in [4.69, 9.17) is 14.2 Å².